The topological polar surface area (TPSA) is 71.2 Å². The van der Waals surface area contributed by atoms with Crippen molar-refractivity contribution in [2.24, 2.45) is 0 Å². The monoisotopic (exact) mass is 310 g/mol. The molecule has 0 atom stereocenters. The average molecular weight is 310 g/mol. The summed E-state index contributed by atoms with van der Waals surface area (Å²) in [4.78, 5) is 18.0. The quantitative estimate of drug-likeness (QED) is 0.805. The van der Waals surface area contributed by atoms with Gasteiger partial charge in [0, 0.05) is 25.5 Å². The predicted octanol–water partition coefficient (Wildman–Crippen LogP) is 2.80. The van der Waals surface area contributed by atoms with E-state index in [0.717, 1.165) is 11.4 Å². The van der Waals surface area contributed by atoms with Gasteiger partial charge in [0.1, 0.15) is 0 Å². The SMILES string of the molecule is Cc1cc(C(=O)O)c2c(C)nn(-c3ccc(N(C)C)cc3)c2n1. The van der Waals surface area contributed by atoms with Gasteiger partial charge in [0.05, 0.1) is 22.3 Å². The van der Waals surface area contributed by atoms with Crippen LogP contribution in [0.2, 0.25) is 0 Å². The Balaban J connectivity index is 2.24. The summed E-state index contributed by atoms with van der Waals surface area (Å²) in [5, 5.41) is 14.5. The number of hydrogen-bond acceptors (Lipinski definition) is 4. The Labute approximate surface area is 134 Å². The average Bonchev–Trinajstić information content (AvgIpc) is 2.83. The lowest BCUT2D eigenvalue weighted by Crippen LogP contribution is -2.08. The fourth-order valence-corrected chi connectivity index (χ4v) is 2.65. The van der Waals surface area contributed by atoms with Gasteiger partial charge < -0.3 is 10.0 Å². The zero-order valence-electron chi connectivity index (χ0n) is 13.5. The van der Waals surface area contributed by atoms with E-state index < -0.39 is 5.97 Å². The number of carboxylic acid groups (broad SMARTS) is 1. The maximum atomic E-state index is 11.5. The zero-order valence-corrected chi connectivity index (χ0v) is 13.5. The maximum Gasteiger partial charge on any atom is 0.336 e. The number of nitrogens with zero attached hydrogens (tertiary/aromatic N) is 4. The molecule has 1 N–H and O–H groups in total. The number of rotatable bonds is 3. The van der Waals surface area contributed by atoms with E-state index >= 15 is 0 Å². The number of pyridine rings is 1. The van der Waals surface area contributed by atoms with Gasteiger partial charge in [-0.05, 0) is 44.2 Å². The highest BCUT2D eigenvalue weighted by molar-refractivity contribution is 6.03. The lowest BCUT2D eigenvalue weighted by atomic mass is 10.1. The summed E-state index contributed by atoms with van der Waals surface area (Å²) in [5.41, 5.74) is 4.04. The van der Waals surface area contributed by atoms with Gasteiger partial charge in [-0.15, -0.1) is 0 Å². The first-order chi connectivity index (χ1) is 10.9. The van der Waals surface area contributed by atoms with Crippen molar-refractivity contribution in [2.75, 3.05) is 19.0 Å². The first-order valence-electron chi connectivity index (χ1n) is 7.26. The predicted molar refractivity (Wildman–Crippen MR) is 89.6 cm³/mol. The number of anilines is 1. The second-order valence-electron chi connectivity index (χ2n) is 5.72. The van der Waals surface area contributed by atoms with Gasteiger partial charge >= 0.3 is 5.97 Å². The first-order valence-corrected chi connectivity index (χ1v) is 7.26. The van der Waals surface area contributed by atoms with Crippen LogP contribution < -0.4 is 4.90 Å². The van der Waals surface area contributed by atoms with Gasteiger partial charge in [0.15, 0.2) is 5.65 Å². The number of carboxylic acids is 1. The number of aromatic nitrogens is 3. The number of aromatic carboxylic acids is 1. The van der Waals surface area contributed by atoms with Crippen molar-refractivity contribution in [2.45, 2.75) is 13.8 Å². The molecule has 0 bridgehead atoms. The van der Waals surface area contributed by atoms with Crippen LogP contribution in [0.3, 0.4) is 0 Å². The van der Waals surface area contributed by atoms with Crippen LogP contribution >= 0.6 is 0 Å². The molecule has 0 aliphatic carbocycles. The van der Waals surface area contributed by atoms with E-state index in [4.69, 9.17) is 0 Å². The van der Waals surface area contributed by atoms with Gasteiger partial charge in [-0.3, -0.25) is 0 Å². The third-order valence-corrected chi connectivity index (χ3v) is 3.78. The summed E-state index contributed by atoms with van der Waals surface area (Å²) in [5.74, 6) is -0.967. The molecule has 0 aliphatic rings. The summed E-state index contributed by atoms with van der Waals surface area (Å²) in [6.07, 6.45) is 0. The summed E-state index contributed by atoms with van der Waals surface area (Å²) in [6.45, 7) is 3.59. The normalized spacial score (nSPS) is 11.0. The van der Waals surface area contributed by atoms with Crippen molar-refractivity contribution < 1.29 is 9.90 Å². The molecule has 2 heterocycles. The second-order valence-corrected chi connectivity index (χ2v) is 5.72. The van der Waals surface area contributed by atoms with Crippen molar-refractivity contribution in [1.82, 2.24) is 14.8 Å². The molecule has 3 rings (SSSR count). The van der Waals surface area contributed by atoms with Crippen LogP contribution in [0.1, 0.15) is 21.7 Å². The Kier molecular flexibility index (Phi) is 3.52. The van der Waals surface area contributed by atoms with Gasteiger partial charge in [-0.25, -0.2) is 14.5 Å². The fraction of sp³-hybridized carbons (Fsp3) is 0.235. The van der Waals surface area contributed by atoms with Gasteiger partial charge in [0.25, 0.3) is 0 Å². The third kappa shape index (κ3) is 2.52. The van der Waals surface area contributed by atoms with E-state index in [9.17, 15) is 9.90 Å². The third-order valence-electron chi connectivity index (χ3n) is 3.78. The van der Waals surface area contributed by atoms with Gasteiger partial charge in [-0.2, -0.15) is 5.10 Å². The van der Waals surface area contributed by atoms with Crippen molar-refractivity contribution in [3.63, 3.8) is 0 Å². The Bertz CT molecular complexity index is 895. The molecule has 3 aromatic rings. The van der Waals surface area contributed by atoms with Gasteiger partial charge in [0.2, 0.25) is 0 Å². The number of carbonyl (C=O) groups is 1. The summed E-state index contributed by atoms with van der Waals surface area (Å²) in [6, 6.07) is 9.47. The molecule has 0 unspecified atom stereocenters. The fourth-order valence-electron chi connectivity index (χ4n) is 2.65. The standard InChI is InChI=1S/C17H18N4O2/c1-10-9-14(17(22)23)15-11(2)19-21(16(15)18-10)13-7-5-12(6-8-13)20(3)4/h5-9H,1-4H3,(H,22,23). The number of hydrogen-bond donors (Lipinski definition) is 1. The first kappa shape index (κ1) is 15.0. The van der Waals surface area contributed by atoms with Crippen LogP contribution in [-0.4, -0.2) is 39.9 Å². The number of benzene rings is 1. The molecule has 0 fully saturated rings. The van der Waals surface area contributed by atoms with E-state index in [1.54, 1.807) is 24.6 Å². The van der Waals surface area contributed by atoms with E-state index in [2.05, 4.69) is 10.1 Å². The zero-order chi connectivity index (χ0) is 16.7. The Morgan fingerprint density at radius 3 is 2.39 bits per heavy atom. The molecule has 0 amide bonds. The highest BCUT2D eigenvalue weighted by Crippen LogP contribution is 2.25. The van der Waals surface area contributed by atoms with Crippen LogP contribution in [0.15, 0.2) is 30.3 Å². The molecule has 0 aliphatic heterocycles. The van der Waals surface area contributed by atoms with Crippen molar-refractivity contribution in [3.05, 3.63) is 47.3 Å². The lowest BCUT2D eigenvalue weighted by molar-refractivity contribution is 0.0698. The van der Waals surface area contributed by atoms with E-state index in [-0.39, 0.29) is 5.56 Å². The Morgan fingerprint density at radius 1 is 1.17 bits per heavy atom. The summed E-state index contributed by atoms with van der Waals surface area (Å²) < 4.78 is 1.70. The molecule has 118 valence electrons. The molecule has 6 nitrogen and oxygen atoms in total. The lowest BCUT2D eigenvalue weighted by Gasteiger charge is -2.12. The second kappa shape index (κ2) is 5.39. The molecule has 0 saturated heterocycles. The smallest absolute Gasteiger partial charge is 0.336 e. The van der Waals surface area contributed by atoms with Crippen molar-refractivity contribution >= 4 is 22.7 Å². The molecular weight excluding hydrogens is 292 g/mol. The molecule has 0 saturated carbocycles. The highest BCUT2D eigenvalue weighted by atomic mass is 16.4. The molecule has 6 heteroatoms. The minimum absolute atomic E-state index is 0.237. The van der Waals surface area contributed by atoms with Crippen LogP contribution in [0.5, 0.6) is 0 Å². The van der Waals surface area contributed by atoms with Gasteiger partial charge in [-0.1, -0.05) is 0 Å². The Morgan fingerprint density at radius 2 is 1.83 bits per heavy atom. The summed E-state index contributed by atoms with van der Waals surface area (Å²) in [7, 11) is 3.96. The van der Waals surface area contributed by atoms with Crippen LogP contribution in [0.4, 0.5) is 5.69 Å². The minimum Gasteiger partial charge on any atom is -0.478 e. The minimum atomic E-state index is -0.967. The molecular formula is C17H18N4O2. The van der Waals surface area contributed by atoms with Crippen molar-refractivity contribution in [1.29, 1.82) is 0 Å². The van der Waals surface area contributed by atoms with E-state index in [1.165, 1.54) is 0 Å². The maximum absolute atomic E-state index is 11.5. The van der Waals surface area contributed by atoms with Crippen LogP contribution in [0.25, 0.3) is 16.7 Å². The summed E-state index contributed by atoms with van der Waals surface area (Å²) >= 11 is 0. The number of fused-ring (bicyclic) bond motifs is 1. The van der Waals surface area contributed by atoms with E-state index in [1.807, 2.05) is 43.3 Å². The number of aryl methyl sites for hydroxylation is 2. The molecule has 23 heavy (non-hydrogen) atoms. The highest BCUT2D eigenvalue weighted by Gasteiger charge is 2.18. The van der Waals surface area contributed by atoms with E-state index in [0.29, 0.717) is 22.4 Å². The Hall–Kier alpha value is -2.89. The largest absolute Gasteiger partial charge is 0.478 e. The van der Waals surface area contributed by atoms with Crippen LogP contribution in [0, 0.1) is 13.8 Å². The molecule has 1 aromatic carbocycles. The molecule has 2 aromatic heterocycles. The molecule has 0 radical (unpaired) electrons. The van der Waals surface area contributed by atoms with Crippen molar-refractivity contribution in [3.8, 4) is 5.69 Å². The van der Waals surface area contributed by atoms with Crippen LogP contribution in [-0.2, 0) is 0 Å². The molecule has 0 spiro atoms.